The number of ether oxygens (including phenoxy) is 1. The number of benzene rings is 2. The Kier molecular flexibility index (Phi) is 7.67. The van der Waals surface area contributed by atoms with Crippen molar-refractivity contribution in [3.8, 4) is 5.75 Å². The second-order valence-corrected chi connectivity index (χ2v) is 4.42. The van der Waals surface area contributed by atoms with Crippen LogP contribution in [0.25, 0.3) is 0 Å². The van der Waals surface area contributed by atoms with Crippen molar-refractivity contribution >= 4 is 23.7 Å². The molecule has 6 heteroatoms. The lowest BCUT2D eigenvalue weighted by Crippen LogP contribution is -2.17. The molecule has 0 unspecified atom stereocenters. The van der Waals surface area contributed by atoms with E-state index in [4.69, 9.17) is 21.4 Å². The molecule has 0 aliphatic heterocycles. The van der Waals surface area contributed by atoms with Gasteiger partial charge < -0.3 is 9.84 Å². The van der Waals surface area contributed by atoms with Crippen LogP contribution in [0.2, 0.25) is 5.02 Å². The van der Waals surface area contributed by atoms with Gasteiger partial charge in [-0.15, -0.1) is 0 Å². The highest BCUT2D eigenvalue weighted by Gasteiger charge is 2.02. The Morgan fingerprint density at radius 2 is 1.73 bits per heavy atom. The smallest absolute Gasteiger partial charge is 0.271 e. The molecule has 0 radical (unpaired) electrons. The van der Waals surface area contributed by atoms with Gasteiger partial charge in [0, 0.05) is 17.7 Å². The summed E-state index contributed by atoms with van der Waals surface area (Å²) < 4.78 is 5.05. The molecule has 0 saturated carbocycles. The van der Waals surface area contributed by atoms with Crippen LogP contribution in [0.5, 0.6) is 5.75 Å². The molecule has 0 aliphatic carbocycles. The minimum absolute atomic E-state index is 0.286. The molecule has 2 aromatic rings. The Labute approximate surface area is 134 Å². The van der Waals surface area contributed by atoms with Crippen LogP contribution in [0, 0.1) is 0 Å². The molecular weight excluding hydrogens is 304 g/mol. The second-order valence-electron chi connectivity index (χ2n) is 3.98. The number of carbonyl (C=O) groups is 1. The Morgan fingerprint density at radius 3 is 2.27 bits per heavy atom. The van der Waals surface area contributed by atoms with Crippen LogP contribution in [0.3, 0.4) is 0 Å². The van der Waals surface area contributed by atoms with Crippen LogP contribution >= 0.6 is 11.6 Å². The van der Waals surface area contributed by atoms with E-state index < -0.39 is 0 Å². The number of hydrogen-bond donors (Lipinski definition) is 2. The summed E-state index contributed by atoms with van der Waals surface area (Å²) in [5.41, 5.74) is 3.82. The third-order valence-corrected chi connectivity index (χ3v) is 2.85. The fourth-order valence-corrected chi connectivity index (χ4v) is 1.65. The molecule has 0 spiro atoms. The monoisotopic (exact) mass is 320 g/mol. The summed E-state index contributed by atoms with van der Waals surface area (Å²) in [4.78, 5) is 11.8. The van der Waals surface area contributed by atoms with Gasteiger partial charge in [-0.1, -0.05) is 11.6 Å². The van der Waals surface area contributed by atoms with Gasteiger partial charge in [0.2, 0.25) is 0 Å². The maximum absolute atomic E-state index is 11.8. The average molecular weight is 321 g/mol. The van der Waals surface area contributed by atoms with E-state index in [-0.39, 0.29) is 5.91 Å². The molecule has 2 rings (SSSR count). The Balaban J connectivity index is 0.00000116. The van der Waals surface area contributed by atoms with Crippen molar-refractivity contribution < 1.29 is 14.6 Å². The molecule has 0 heterocycles. The summed E-state index contributed by atoms with van der Waals surface area (Å²) in [5, 5.41) is 11.5. The largest absolute Gasteiger partial charge is 0.497 e. The molecule has 0 aliphatic rings. The van der Waals surface area contributed by atoms with E-state index in [0.29, 0.717) is 10.6 Å². The zero-order chi connectivity index (χ0) is 16.4. The van der Waals surface area contributed by atoms with Crippen molar-refractivity contribution in [2.45, 2.75) is 0 Å². The molecule has 116 valence electrons. The van der Waals surface area contributed by atoms with E-state index in [1.807, 2.05) is 24.3 Å². The summed E-state index contributed by atoms with van der Waals surface area (Å²) in [7, 11) is 2.61. The lowest BCUT2D eigenvalue weighted by Gasteiger charge is -2.00. The first-order valence-corrected chi connectivity index (χ1v) is 6.74. The number of hydrogen-bond acceptors (Lipinski definition) is 4. The molecule has 0 aromatic heterocycles. The van der Waals surface area contributed by atoms with Gasteiger partial charge in [-0.3, -0.25) is 4.79 Å². The Bertz CT molecular complexity index is 610. The van der Waals surface area contributed by atoms with Crippen molar-refractivity contribution in [1.29, 1.82) is 0 Å². The lowest BCUT2D eigenvalue weighted by molar-refractivity contribution is 0.0955. The van der Waals surface area contributed by atoms with Gasteiger partial charge in [-0.05, 0) is 54.1 Å². The van der Waals surface area contributed by atoms with Crippen LogP contribution < -0.4 is 10.2 Å². The minimum Gasteiger partial charge on any atom is -0.497 e. The third-order valence-electron chi connectivity index (χ3n) is 2.60. The maximum atomic E-state index is 11.8. The molecule has 5 nitrogen and oxygen atoms in total. The zero-order valence-corrected chi connectivity index (χ0v) is 13.0. The number of carbonyl (C=O) groups excluding carboxylic acids is 1. The van der Waals surface area contributed by atoms with Crippen molar-refractivity contribution in [3.05, 3.63) is 64.7 Å². The van der Waals surface area contributed by atoms with Crippen LogP contribution in [0.1, 0.15) is 15.9 Å². The number of methoxy groups -OCH3 is 1. The molecular formula is C16H17ClN2O3. The Morgan fingerprint density at radius 1 is 1.14 bits per heavy atom. The Hall–Kier alpha value is -2.37. The van der Waals surface area contributed by atoms with Gasteiger partial charge in [-0.25, -0.2) is 5.43 Å². The van der Waals surface area contributed by atoms with E-state index >= 15 is 0 Å². The highest BCUT2D eigenvalue weighted by molar-refractivity contribution is 6.30. The quantitative estimate of drug-likeness (QED) is 0.672. The van der Waals surface area contributed by atoms with Crippen LogP contribution in [0.15, 0.2) is 53.6 Å². The van der Waals surface area contributed by atoms with Crippen molar-refractivity contribution in [3.63, 3.8) is 0 Å². The van der Waals surface area contributed by atoms with Gasteiger partial charge >= 0.3 is 0 Å². The first-order chi connectivity index (χ1) is 10.7. The van der Waals surface area contributed by atoms with Gasteiger partial charge in [0.15, 0.2) is 0 Å². The molecule has 0 bridgehead atoms. The molecule has 0 saturated heterocycles. The lowest BCUT2D eigenvalue weighted by atomic mass is 10.2. The summed E-state index contributed by atoms with van der Waals surface area (Å²) in [5.74, 6) is 0.485. The highest BCUT2D eigenvalue weighted by Crippen LogP contribution is 2.10. The van der Waals surface area contributed by atoms with Crippen LogP contribution in [0.4, 0.5) is 0 Å². The van der Waals surface area contributed by atoms with E-state index in [9.17, 15) is 4.79 Å². The SMILES string of the molecule is CO.COc1ccc(/C=N/NC(=O)c2ccc(Cl)cc2)cc1. The minimum atomic E-state index is -0.286. The van der Waals surface area contributed by atoms with Gasteiger partial charge in [0.1, 0.15) is 5.75 Å². The van der Waals surface area contributed by atoms with Crippen molar-refractivity contribution in [1.82, 2.24) is 5.43 Å². The van der Waals surface area contributed by atoms with Gasteiger partial charge in [-0.2, -0.15) is 5.10 Å². The fraction of sp³-hybridized carbons (Fsp3) is 0.125. The normalized spacial score (nSPS) is 9.82. The van der Waals surface area contributed by atoms with Crippen molar-refractivity contribution in [2.75, 3.05) is 14.2 Å². The average Bonchev–Trinajstić information content (AvgIpc) is 2.58. The predicted molar refractivity (Wildman–Crippen MR) is 87.6 cm³/mol. The number of amides is 1. The number of rotatable bonds is 4. The number of hydrazone groups is 1. The summed E-state index contributed by atoms with van der Waals surface area (Å²) in [6.45, 7) is 0. The zero-order valence-electron chi connectivity index (χ0n) is 12.3. The van der Waals surface area contributed by atoms with Crippen LogP contribution in [-0.4, -0.2) is 31.4 Å². The molecule has 0 atom stereocenters. The van der Waals surface area contributed by atoms with Crippen LogP contribution in [-0.2, 0) is 0 Å². The van der Waals surface area contributed by atoms with Gasteiger partial charge in [0.05, 0.1) is 13.3 Å². The number of halogens is 1. The standard InChI is InChI=1S/C15H13ClN2O2.CH4O/c1-20-14-8-2-11(3-9-14)10-17-18-15(19)12-4-6-13(16)7-5-12;1-2/h2-10H,1H3,(H,18,19);2H,1H3/b17-10+;. The van der Waals surface area contributed by atoms with E-state index in [2.05, 4.69) is 10.5 Å². The molecule has 1 amide bonds. The van der Waals surface area contributed by atoms with E-state index in [0.717, 1.165) is 18.4 Å². The number of nitrogens with zero attached hydrogens (tertiary/aromatic N) is 1. The van der Waals surface area contributed by atoms with Gasteiger partial charge in [0.25, 0.3) is 5.91 Å². The van der Waals surface area contributed by atoms with E-state index in [1.165, 1.54) is 0 Å². The topological polar surface area (TPSA) is 70.9 Å². The molecule has 2 N–H and O–H groups in total. The van der Waals surface area contributed by atoms with E-state index in [1.54, 1.807) is 37.6 Å². The number of aliphatic hydroxyl groups excluding tert-OH is 1. The predicted octanol–water partition coefficient (Wildman–Crippen LogP) is 2.72. The first kappa shape index (κ1) is 17.7. The number of aliphatic hydroxyl groups is 1. The molecule has 0 fully saturated rings. The van der Waals surface area contributed by atoms with Crippen molar-refractivity contribution in [2.24, 2.45) is 5.10 Å². The maximum Gasteiger partial charge on any atom is 0.271 e. The second kappa shape index (κ2) is 9.55. The molecule has 22 heavy (non-hydrogen) atoms. The molecule has 2 aromatic carbocycles. The highest BCUT2D eigenvalue weighted by atomic mass is 35.5. The summed E-state index contributed by atoms with van der Waals surface area (Å²) >= 11 is 5.75. The third kappa shape index (κ3) is 5.55. The fourth-order valence-electron chi connectivity index (χ4n) is 1.52. The summed E-state index contributed by atoms with van der Waals surface area (Å²) in [6, 6.07) is 13.9. The summed E-state index contributed by atoms with van der Waals surface area (Å²) in [6.07, 6.45) is 1.56. The number of nitrogens with one attached hydrogen (secondary N) is 1. The first-order valence-electron chi connectivity index (χ1n) is 6.37.